The van der Waals surface area contributed by atoms with E-state index in [4.69, 9.17) is 0 Å². The molecule has 0 heterocycles. The lowest BCUT2D eigenvalue weighted by Gasteiger charge is -2.14. The Morgan fingerprint density at radius 1 is 1.22 bits per heavy atom. The summed E-state index contributed by atoms with van der Waals surface area (Å²) in [5, 5.41) is 13.0. The molecule has 1 rings (SSSR count). The van der Waals surface area contributed by atoms with Crippen molar-refractivity contribution in [3.05, 3.63) is 29.8 Å². The van der Waals surface area contributed by atoms with Gasteiger partial charge in [-0.1, -0.05) is 26.0 Å². The van der Waals surface area contributed by atoms with Crippen LogP contribution in [0.2, 0.25) is 0 Å². The van der Waals surface area contributed by atoms with Gasteiger partial charge in [0.05, 0.1) is 11.0 Å². The van der Waals surface area contributed by atoms with Crippen molar-refractivity contribution in [3.8, 4) is 0 Å². The molecule has 1 aromatic rings. The average molecular weight is 294 g/mol. The molecular formula is C12H20ClNO3S. The summed E-state index contributed by atoms with van der Waals surface area (Å²) in [5.41, 5.74) is 0.713. The highest BCUT2D eigenvalue weighted by Gasteiger charge is 2.10. The molecule has 0 aromatic heterocycles. The molecule has 0 aliphatic rings. The van der Waals surface area contributed by atoms with Gasteiger partial charge in [-0.3, -0.25) is 0 Å². The monoisotopic (exact) mass is 293 g/mol. The summed E-state index contributed by atoms with van der Waals surface area (Å²) in [5.74, 6) is 0. The molecule has 104 valence electrons. The summed E-state index contributed by atoms with van der Waals surface area (Å²) in [6.07, 6.45) is 0.546. The van der Waals surface area contributed by atoms with Gasteiger partial charge in [-0.25, -0.2) is 8.42 Å². The number of benzene rings is 1. The van der Waals surface area contributed by atoms with Crippen LogP contribution in [0, 0.1) is 0 Å². The zero-order chi connectivity index (χ0) is 13.1. The van der Waals surface area contributed by atoms with E-state index in [1.165, 1.54) is 18.4 Å². The molecule has 4 nitrogen and oxygen atoms in total. The van der Waals surface area contributed by atoms with Gasteiger partial charge in [0.1, 0.15) is 0 Å². The lowest BCUT2D eigenvalue weighted by molar-refractivity contribution is 0.171. The van der Waals surface area contributed by atoms with Crippen LogP contribution in [-0.2, 0) is 9.84 Å². The van der Waals surface area contributed by atoms with Crippen molar-refractivity contribution in [1.29, 1.82) is 0 Å². The van der Waals surface area contributed by atoms with E-state index in [-0.39, 0.29) is 17.3 Å². The maximum atomic E-state index is 11.3. The summed E-state index contributed by atoms with van der Waals surface area (Å²) >= 11 is 0. The van der Waals surface area contributed by atoms with Crippen LogP contribution in [0.1, 0.15) is 25.5 Å². The summed E-state index contributed by atoms with van der Waals surface area (Å²) in [6.45, 7) is 4.45. The Bertz CT molecular complexity index is 457. The fourth-order valence-corrected chi connectivity index (χ4v) is 2.03. The predicted molar refractivity (Wildman–Crippen MR) is 74.9 cm³/mol. The standard InChI is InChI=1S/C12H19NO3S.ClH/c1-9(2)13-8-12(14)10-4-6-11(7-5-10)17(3,15)16;/h4-7,9,12-14H,8H2,1-3H3;1H. The molecule has 0 fully saturated rings. The highest BCUT2D eigenvalue weighted by atomic mass is 35.5. The second kappa shape index (κ2) is 7.09. The average Bonchev–Trinajstić information content (AvgIpc) is 2.25. The lowest BCUT2D eigenvalue weighted by Crippen LogP contribution is -2.27. The molecule has 0 radical (unpaired) electrons. The molecule has 1 unspecified atom stereocenters. The van der Waals surface area contributed by atoms with E-state index in [1.54, 1.807) is 12.1 Å². The number of aliphatic hydroxyl groups is 1. The molecule has 0 amide bonds. The highest BCUT2D eigenvalue weighted by molar-refractivity contribution is 7.90. The van der Waals surface area contributed by atoms with Crippen molar-refractivity contribution < 1.29 is 13.5 Å². The number of hydrogen-bond acceptors (Lipinski definition) is 4. The van der Waals surface area contributed by atoms with Gasteiger partial charge >= 0.3 is 0 Å². The van der Waals surface area contributed by atoms with Crippen molar-refractivity contribution >= 4 is 22.2 Å². The zero-order valence-electron chi connectivity index (χ0n) is 10.8. The Hall–Kier alpha value is -0.620. The first-order chi connectivity index (χ1) is 7.80. The second-order valence-corrected chi connectivity index (χ2v) is 6.44. The van der Waals surface area contributed by atoms with Gasteiger partial charge in [0.15, 0.2) is 9.84 Å². The smallest absolute Gasteiger partial charge is 0.175 e. The Balaban J connectivity index is 0.00000289. The van der Waals surface area contributed by atoms with Crippen LogP contribution in [0.3, 0.4) is 0 Å². The Labute approximate surface area is 115 Å². The Morgan fingerprint density at radius 3 is 2.11 bits per heavy atom. The molecule has 0 bridgehead atoms. The van der Waals surface area contributed by atoms with Crippen LogP contribution < -0.4 is 5.32 Å². The zero-order valence-corrected chi connectivity index (χ0v) is 12.4. The molecule has 0 aliphatic carbocycles. The largest absolute Gasteiger partial charge is 0.387 e. The fourth-order valence-electron chi connectivity index (χ4n) is 1.40. The van der Waals surface area contributed by atoms with Crippen LogP contribution in [0.15, 0.2) is 29.2 Å². The van der Waals surface area contributed by atoms with E-state index in [9.17, 15) is 13.5 Å². The maximum Gasteiger partial charge on any atom is 0.175 e. The minimum absolute atomic E-state index is 0. The molecule has 0 saturated heterocycles. The first kappa shape index (κ1) is 17.4. The van der Waals surface area contributed by atoms with Gasteiger partial charge in [-0.2, -0.15) is 0 Å². The van der Waals surface area contributed by atoms with Crippen molar-refractivity contribution in [2.45, 2.75) is 30.9 Å². The molecule has 1 atom stereocenters. The van der Waals surface area contributed by atoms with Gasteiger partial charge in [-0.15, -0.1) is 12.4 Å². The van der Waals surface area contributed by atoms with Gasteiger partial charge in [0, 0.05) is 18.8 Å². The Morgan fingerprint density at radius 2 is 1.72 bits per heavy atom. The summed E-state index contributed by atoms with van der Waals surface area (Å²) in [6, 6.07) is 6.62. The van der Waals surface area contributed by atoms with Crippen LogP contribution in [0.5, 0.6) is 0 Å². The number of aliphatic hydroxyl groups excluding tert-OH is 1. The Kier molecular flexibility index (Phi) is 6.84. The van der Waals surface area contributed by atoms with Crippen molar-refractivity contribution in [2.24, 2.45) is 0 Å². The van der Waals surface area contributed by atoms with Gasteiger partial charge in [0.2, 0.25) is 0 Å². The predicted octanol–water partition coefficient (Wildman–Crippen LogP) is 1.54. The number of rotatable bonds is 5. The quantitative estimate of drug-likeness (QED) is 0.864. The van der Waals surface area contributed by atoms with Gasteiger partial charge < -0.3 is 10.4 Å². The molecule has 6 heteroatoms. The molecule has 0 aliphatic heterocycles. The number of hydrogen-bond donors (Lipinski definition) is 2. The molecule has 1 aromatic carbocycles. The van der Waals surface area contributed by atoms with E-state index in [1.807, 2.05) is 13.8 Å². The van der Waals surface area contributed by atoms with E-state index in [0.717, 1.165) is 0 Å². The molecule has 0 saturated carbocycles. The van der Waals surface area contributed by atoms with E-state index in [0.29, 0.717) is 18.2 Å². The van der Waals surface area contributed by atoms with Gasteiger partial charge in [0.25, 0.3) is 0 Å². The molecular weight excluding hydrogens is 274 g/mol. The minimum Gasteiger partial charge on any atom is -0.387 e. The van der Waals surface area contributed by atoms with Crippen LogP contribution in [-0.4, -0.2) is 32.4 Å². The van der Waals surface area contributed by atoms with Crippen molar-refractivity contribution in [2.75, 3.05) is 12.8 Å². The van der Waals surface area contributed by atoms with Crippen LogP contribution in [0.25, 0.3) is 0 Å². The fraction of sp³-hybridized carbons (Fsp3) is 0.500. The number of sulfone groups is 1. The second-order valence-electron chi connectivity index (χ2n) is 4.42. The normalized spacial score (nSPS) is 13.2. The number of nitrogens with one attached hydrogen (secondary N) is 1. The molecule has 2 N–H and O–H groups in total. The topological polar surface area (TPSA) is 66.4 Å². The van der Waals surface area contributed by atoms with Crippen LogP contribution in [0.4, 0.5) is 0 Å². The number of halogens is 1. The third-order valence-corrected chi connectivity index (χ3v) is 3.54. The minimum atomic E-state index is -3.17. The summed E-state index contributed by atoms with van der Waals surface area (Å²) in [4.78, 5) is 0.269. The molecule has 18 heavy (non-hydrogen) atoms. The first-order valence-electron chi connectivity index (χ1n) is 5.52. The summed E-state index contributed by atoms with van der Waals surface area (Å²) in [7, 11) is -3.17. The maximum absolute atomic E-state index is 11.3. The lowest BCUT2D eigenvalue weighted by atomic mass is 10.1. The van der Waals surface area contributed by atoms with E-state index in [2.05, 4.69) is 5.32 Å². The molecule has 0 spiro atoms. The SMILES string of the molecule is CC(C)NCC(O)c1ccc(S(C)(=O)=O)cc1.Cl. The van der Waals surface area contributed by atoms with Crippen LogP contribution >= 0.6 is 12.4 Å². The van der Waals surface area contributed by atoms with Crippen molar-refractivity contribution in [1.82, 2.24) is 5.32 Å². The van der Waals surface area contributed by atoms with Crippen molar-refractivity contribution in [3.63, 3.8) is 0 Å². The highest BCUT2D eigenvalue weighted by Crippen LogP contribution is 2.16. The third-order valence-electron chi connectivity index (χ3n) is 2.41. The third kappa shape index (κ3) is 5.35. The van der Waals surface area contributed by atoms with E-state index < -0.39 is 15.9 Å². The first-order valence-corrected chi connectivity index (χ1v) is 7.41. The van der Waals surface area contributed by atoms with E-state index >= 15 is 0 Å². The van der Waals surface area contributed by atoms with Gasteiger partial charge in [-0.05, 0) is 17.7 Å². The summed E-state index contributed by atoms with van der Waals surface area (Å²) < 4.78 is 22.5.